The van der Waals surface area contributed by atoms with E-state index in [2.05, 4.69) is 4.98 Å². The third-order valence-electron chi connectivity index (χ3n) is 4.32. The van der Waals surface area contributed by atoms with Crippen molar-refractivity contribution in [2.45, 2.75) is 31.5 Å². The van der Waals surface area contributed by atoms with E-state index in [4.69, 9.17) is 14.6 Å². The van der Waals surface area contributed by atoms with Gasteiger partial charge in [0.2, 0.25) is 0 Å². The maximum atomic E-state index is 12.0. The third-order valence-corrected chi connectivity index (χ3v) is 4.32. The van der Waals surface area contributed by atoms with Crippen molar-refractivity contribution in [2.75, 3.05) is 13.2 Å². The summed E-state index contributed by atoms with van der Waals surface area (Å²) in [7, 11) is 0. The molecule has 0 radical (unpaired) electrons. The highest BCUT2D eigenvalue weighted by Crippen LogP contribution is 2.27. The van der Waals surface area contributed by atoms with Crippen LogP contribution in [0.15, 0.2) is 52.2 Å². The largest absolute Gasteiger partial charge is 0.394 e. The van der Waals surface area contributed by atoms with Crippen LogP contribution in [0, 0.1) is 0 Å². The Balaban J connectivity index is 1.63. The molecule has 144 valence electrons. The van der Waals surface area contributed by atoms with E-state index in [-0.39, 0.29) is 25.2 Å². The molecule has 1 unspecified atom stereocenters. The lowest BCUT2D eigenvalue weighted by Gasteiger charge is -2.15. The number of H-pyrrole nitrogens is 1. The summed E-state index contributed by atoms with van der Waals surface area (Å²) in [6.45, 7) is -0.0222. The Labute approximate surface area is 155 Å². The molecule has 0 saturated carbocycles. The van der Waals surface area contributed by atoms with Gasteiger partial charge >= 0.3 is 5.69 Å². The minimum Gasteiger partial charge on any atom is -0.394 e. The SMILES string of the molecule is O=c1[nH]c(=O)n([C@H]2CC(O)[C@@H](CO)O2)cc1COC/C=C/c1ccccc1. The zero-order valence-electron chi connectivity index (χ0n) is 14.7. The monoisotopic (exact) mass is 374 g/mol. The van der Waals surface area contributed by atoms with Crippen LogP contribution in [0.2, 0.25) is 0 Å². The highest BCUT2D eigenvalue weighted by molar-refractivity contribution is 5.48. The van der Waals surface area contributed by atoms with Gasteiger partial charge in [-0.25, -0.2) is 4.79 Å². The van der Waals surface area contributed by atoms with Crippen LogP contribution < -0.4 is 11.2 Å². The Kier molecular flexibility index (Phi) is 6.36. The van der Waals surface area contributed by atoms with Gasteiger partial charge in [0.25, 0.3) is 5.56 Å². The Morgan fingerprint density at radius 3 is 2.78 bits per heavy atom. The fraction of sp³-hybridized carbons (Fsp3) is 0.368. The van der Waals surface area contributed by atoms with Crippen LogP contribution in [0.1, 0.15) is 23.8 Å². The van der Waals surface area contributed by atoms with Crippen molar-refractivity contribution in [3.63, 3.8) is 0 Å². The summed E-state index contributed by atoms with van der Waals surface area (Å²) in [5, 5.41) is 19.0. The summed E-state index contributed by atoms with van der Waals surface area (Å²) >= 11 is 0. The van der Waals surface area contributed by atoms with Crippen molar-refractivity contribution in [1.29, 1.82) is 0 Å². The average Bonchev–Trinajstić information content (AvgIpc) is 3.04. The smallest absolute Gasteiger partial charge is 0.330 e. The number of aliphatic hydroxyl groups is 2. The molecule has 27 heavy (non-hydrogen) atoms. The minimum absolute atomic E-state index is 0.0213. The van der Waals surface area contributed by atoms with E-state index in [0.717, 1.165) is 5.56 Å². The van der Waals surface area contributed by atoms with E-state index in [1.807, 2.05) is 42.5 Å². The standard InChI is InChI=1S/C19H22N2O6/c22-11-16-15(23)9-17(27-16)21-10-14(18(24)20-19(21)25)12-26-8-4-7-13-5-2-1-3-6-13/h1-7,10,15-17,22-23H,8-9,11-12H2,(H,20,24,25)/b7-4+/t15?,16-,17-/m1/s1. The maximum absolute atomic E-state index is 12.0. The lowest BCUT2D eigenvalue weighted by molar-refractivity contribution is -0.0461. The molecule has 0 amide bonds. The molecule has 0 spiro atoms. The summed E-state index contributed by atoms with van der Waals surface area (Å²) < 4.78 is 12.2. The number of aliphatic hydroxyl groups excluding tert-OH is 2. The minimum atomic E-state index is -0.873. The molecule has 0 aliphatic carbocycles. The summed E-state index contributed by atoms with van der Waals surface area (Å²) in [5.74, 6) is 0. The molecule has 3 rings (SSSR count). The van der Waals surface area contributed by atoms with Gasteiger partial charge in [0.05, 0.1) is 31.5 Å². The number of aromatic amines is 1. The van der Waals surface area contributed by atoms with Crippen molar-refractivity contribution in [3.8, 4) is 0 Å². The molecule has 2 aromatic rings. The fourth-order valence-corrected chi connectivity index (χ4v) is 2.88. The van der Waals surface area contributed by atoms with Gasteiger partial charge in [0, 0.05) is 12.6 Å². The number of nitrogens with one attached hydrogen (secondary N) is 1. The van der Waals surface area contributed by atoms with Gasteiger partial charge in [-0.2, -0.15) is 0 Å². The van der Waals surface area contributed by atoms with Crippen LogP contribution in [0.5, 0.6) is 0 Å². The molecule has 3 N–H and O–H groups in total. The molecule has 1 aliphatic heterocycles. The molecule has 2 heterocycles. The number of hydrogen-bond acceptors (Lipinski definition) is 6. The number of rotatable bonds is 7. The molecule has 1 aromatic heterocycles. The molecule has 0 bridgehead atoms. The number of aromatic nitrogens is 2. The van der Waals surface area contributed by atoms with Crippen molar-refractivity contribution in [3.05, 3.63) is 74.6 Å². The third kappa shape index (κ3) is 4.81. The number of benzene rings is 1. The summed E-state index contributed by atoms with van der Waals surface area (Å²) in [6.07, 6.45) is 2.89. The Morgan fingerprint density at radius 2 is 2.07 bits per heavy atom. The van der Waals surface area contributed by atoms with Crippen molar-refractivity contribution >= 4 is 6.08 Å². The van der Waals surface area contributed by atoms with Gasteiger partial charge in [-0.05, 0) is 5.56 Å². The van der Waals surface area contributed by atoms with E-state index in [1.165, 1.54) is 10.8 Å². The van der Waals surface area contributed by atoms with Crippen LogP contribution in [0.3, 0.4) is 0 Å². The van der Waals surface area contributed by atoms with Gasteiger partial charge in [0.15, 0.2) is 0 Å². The summed E-state index contributed by atoms with van der Waals surface area (Å²) in [5.41, 5.74) is 0.153. The summed E-state index contributed by atoms with van der Waals surface area (Å²) in [6, 6.07) is 9.74. The van der Waals surface area contributed by atoms with Crippen LogP contribution >= 0.6 is 0 Å². The normalized spacial score (nSPS) is 22.5. The molecule has 8 heteroatoms. The molecule has 1 aromatic carbocycles. The maximum Gasteiger partial charge on any atom is 0.330 e. The molecular formula is C19H22N2O6. The van der Waals surface area contributed by atoms with Crippen molar-refractivity contribution < 1.29 is 19.7 Å². The molecule has 1 aliphatic rings. The lowest BCUT2D eigenvalue weighted by Crippen LogP contribution is -2.34. The van der Waals surface area contributed by atoms with Crippen LogP contribution in [-0.2, 0) is 16.1 Å². The van der Waals surface area contributed by atoms with Gasteiger partial charge in [-0.15, -0.1) is 0 Å². The average molecular weight is 374 g/mol. The number of nitrogens with zero attached hydrogens (tertiary/aromatic N) is 1. The first-order valence-electron chi connectivity index (χ1n) is 8.66. The quantitative estimate of drug-likeness (QED) is 0.605. The number of ether oxygens (including phenoxy) is 2. The van der Waals surface area contributed by atoms with Crippen LogP contribution in [-0.4, -0.2) is 45.2 Å². The highest BCUT2D eigenvalue weighted by atomic mass is 16.5. The highest BCUT2D eigenvalue weighted by Gasteiger charge is 2.35. The molecule has 1 saturated heterocycles. The number of hydrogen-bond donors (Lipinski definition) is 3. The van der Waals surface area contributed by atoms with E-state index < -0.39 is 29.7 Å². The second-order valence-corrected chi connectivity index (χ2v) is 6.26. The Hall–Kier alpha value is -2.52. The predicted octanol–water partition coefficient (Wildman–Crippen LogP) is 0.407. The first kappa shape index (κ1) is 19.2. The molecular weight excluding hydrogens is 352 g/mol. The molecule has 3 atom stereocenters. The van der Waals surface area contributed by atoms with Gasteiger partial charge < -0.3 is 19.7 Å². The fourth-order valence-electron chi connectivity index (χ4n) is 2.88. The first-order chi connectivity index (χ1) is 13.1. The zero-order chi connectivity index (χ0) is 19.2. The predicted molar refractivity (Wildman–Crippen MR) is 98.1 cm³/mol. The Bertz CT molecular complexity index is 889. The van der Waals surface area contributed by atoms with Gasteiger partial charge in [-0.1, -0.05) is 42.5 Å². The molecule has 8 nitrogen and oxygen atoms in total. The lowest BCUT2D eigenvalue weighted by atomic mass is 10.2. The van der Waals surface area contributed by atoms with Crippen molar-refractivity contribution in [2.24, 2.45) is 0 Å². The second kappa shape index (κ2) is 8.92. The zero-order valence-corrected chi connectivity index (χ0v) is 14.7. The van der Waals surface area contributed by atoms with E-state index in [1.54, 1.807) is 0 Å². The summed E-state index contributed by atoms with van der Waals surface area (Å²) in [4.78, 5) is 26.3. The van der Waals surface area contributed by atoms with E-state index in [9.17, 15) is 14.7 Å². The van der Waals surface area contributed by atoms with Crippen LogP contribution in [0.4, 0.5) is 0 Å². The van der Waals surface area contributed by atoms with Gasteiger partial charge in [-0.3, -0.25) is 14.3 Å². The Morgan fingerprint density at radius 1 is 1.30 bits per heavy atom. The first-order valence-corrected chi connectivity index (χ1v) is 8.66. The van der Waals surface area contributed by atoms with Crippen molar-refractivity contribution in [1.82, 2.24) is 9.55 Å². The molecule has 1 fully saturated rings. The van der Waals surface area contributed by atoms with E-state index in [0.29, 0.717) is 6.61 Å². The van der Waals surface area contributed by atoms with Gasteiger partial charge in [0.1, 0.15) is 12.3 Å². The van der Waals surface area contributed by atoms with E-state index >= 15 is 0 Å². The topological polar surface area (TPSA) is 114 Å². The second-order valence-electron chi connectivity index (χ2n) is 6.26. The van der Waals surface area contributed by atoms with Crippen LogP contribution in [0.25, 0.3) is 6.08 Å².